The summed E-state index contributed by atoms with van der Waals surface area (Å²) < 4.78 is 15.8. The Labute approximate surface area is 207 Å². The average Bonchev–Trinajstić information content (AvgIpc) is 2.81. The lowest BCUT2D eigenvalue weighted by Gasteiger charge is -2.20. The molecule has 0 fully saturated rings. The van der Waals surface area contributed by atoms with Crippen molar-refractivity contribution in [3.05, 3.63) is 53.1 Å². The van der Waals surface area contributed by atoms with Crippen molar-refractivity contribution in [2.24, 2.45) is 5.41 Å². The van der Waals surface area contributed by atoms with Gasteiger partial charge in [-0.1, -0.05) is 58.9 Å². The minimum atomic E-state index is -0.769. The van der Waals surface area contributed by atoms with Gasteiger partial charge < -0.3 is 24.8 Å². The van der Waals surface area contributed by atoms with Gasteiger partial charge in [0.25, 0.3) is 5.91 Å². The number of methoxy groups -OCH3 is 2. The Bertz CT molecular complexity index is 1040. The lowest BCUT2D eigenvalue weighted by atomic mass is 9.95. The molecule has 0 spiro atoms. The molecule has 0 aliphatic heterocycles. The van der Waals surface area contributed by atoms with Crippen molar-refractivity contribution >= 4 is 23.5 Å². The molecule has 0 atom stereocenters. The molecule has 8 nitrogen and oxygen atoms in total. The van der Waals surface area contributed by atoms with Crippen molar-refractivity contribution in [2.45, 2.75) is 47.0 Å². The minimum absolute atomic E-state index is 0.0540. The molecule has 2 amide bonds. The van der Waals surface area contributed by atoms with Gasteiger partial charge in [-0.05, 0) is 23.5 Å². The third-order valence-corrected chi connectivity index (χ3v) is 5.39. The zero-order valence-corrected chi connectivity index (χ0v) is 21.6. The van der Waals surface area contributed by atoms with E-state index in [0.29, 0.717) is 30.4 Å². The summed E-state index contributed by atoms with van der Waals surface area (Å²) in [6.07, 6.45) is 0.663. The summed E-state index contributed by atoms with van der Waals surface area (Å²) in [5.41, 5.74) is 1.94. The number of benzene rings is 2. The summed E-state index contributed by atoms with van der Waals surface area (Å²) in [4.78, 5) is 37.5. The molecule has 2 aromatic carbocycles. The molecule has 0 aromatic heterocycles. The van der Waals surface area contributed by atoms with E-state index in [-0.39, 0.29) is 17.2 Å². The van der Waals surface area contributed by atoms with Gasteiger partial charge in [0.2, 0.25) is 5.91 Å². The maximum Gasteiger partial charge on any atom is 0.340 e. The minimum Gasteiger partial charge on any atom is -0.493 e. The number of esters is 1. The molecule has 8 heteroatoms. The highest BCUT2D eigenvalue weighted by atomic mass is 16.5. The van der Waals surface area contributed by atoms with Gasteiger partial charge in [-0.25, -0.2) is 4.79 Å². The molecule has 0 heterocycles. The van der Waals surface area contributed by atoms with Crippen LogP contribution in [0.3, 0.4) is 0 Å². The van der Waals surface area contributed by atoms with Crippen molar-refractivity contribution in [3.63, 3.8) is 0 Å². The van der Waals surface area contributed by atoms with Crippen molar-refractivity contribution in [3.8, 4) is 11.5 Å². The van der Waals surface area contributed by atoms with E-state index in [1.165, 1.54) is 31.9 Å². The van der Waals surface area contributed by atoms with Gasteiger partial charge >= 0.3 is 5.97 Å². The molecule has 2 aromatic rings. The molecule has 0 saturated heterocycles. The van der Waals surface area contributed by atoms with Crippen LogP contribution in [0.25, 0.3) is 0 Å². The lowest BCUT2D eigenvalue weighted by molar-refractivity contribution is -0.124. The van der Waals surface area contributed by atoms with Crippen LogP contribution in [0.1, 0.15) is 62.0 Å². The quantitative estimate of drug-likeness (QED) is 0.487. The molecule has 0 saturated carbocycles. The van der Waals surface area contributed by atoms with E-state index in [1.54, 1.807) is 20.8 Å². The van der Waals surface area contributed by atoms with Crippen molar-refractivity contribution in [2.75, 3.05) is 32.7 Å². The zero-order chi connectivity index (χ0) is 26.2. The lowest BCUT2D eigenvalue weighted by Crippen LogP contribution is -2.31. The van der Waals surface area contributed by atoms with Gasteiger partial charge in [0, 0.05) is 24.1 Å². The Morgan fingerprint density at radius 1 is 0.943 bits per heavy atom. The van der Waals surface area contributed by atoms with E-state index < -0.39 is 23.9 Å². The number of ether oxygens (including phenoxy) is 3. The third-order valence-electron chi connectivity index (χ3n) is 5.39. The molecule has 0 aliphatic carbocycles. The first-order valence-electron chi connectivity index (χ1n) is 11.6. The molecule has 2 N–H and O–H groups in total. The van der Waals surface area contributed by atoms with E-state index in [2.05, 4.69) is 36.6 Å². The van der Waals surface area contributed by atoms with Gasteiger partial charge in [0.15, 0.2) is 18.1 Å². The predicted molar refractivity (Wildman–Crippen MR) is 135 cm³/mol. The number of nitrogens with one attached hydrogen (secondary N) is 2. The fourth-order valence-corrected chi connectivity index (χ4v) is 3.14. The number of carbonyl (C=O) groups is 3. The molecule has 2 rings (SSSR count). The first-order chi connectivity index (χ1) is 16.5. The summed E-state index contributed by atoms with van der Waals surface area (Å²) >= 11 is 0. The fourth-order valence-electron chi connectivity index (χ4n) is 3.14. The van der Waals surface area contributed by atoms with Crippen molar-refractivity contribution in [1.82, 2.24) is 5.32 Å². The SMILES string of the molecule is COc1cc(NC(=O)C(C)(C)C)c(C(=O)OCC(=O)NCCc2ccc(C(C)C)cc2)cc1OC. The monoisotopic (exact) mass is 484 g/mol. The Hall–Kier alpha value is -3.55. The Kier molecular flexibility index (Phi) is 9.68. The van der Waals surface area contributed by atoms with Gasteiger partial charge in [-0.2, -0.15) is 0 Å². The number of hydrogen-bond acceptors (Lipinski definition) is 6. The molecule has 0 unspecified atom stereocenters. The number of amides is 2. The predicted octanol–water partition coefficient (Wildman–Crippen LogP) is 4.33. The van der Waals surface area contributed by atoms with Gasteiger partial charge in [0.05, 0.1) is 25.5 Å². The van der Waals surface area contributed by atoms with Gasteiger partial charge in [-0.15, -0.1) is 0 Å². The zero-order valence-electron chi connectivity index (χ0n) is 21.6. The van der Waals surface area contributed by atoms with Crippen LogP contribution >= 0.6 is 0 Å². The summed E-state index contributed by atoms with van der Waals surface area (Å²) in [6.45, 7) is 9.51. The number of rotatable bonds is 10. The van der Waals surface area contributed by atoms with E-state index >= 15 is 0 Å². The molecule has 190 valence electrons. The maximum atomic E-state index is 12.8. The van der Waals surface area contributed by atoms with Crippen LogP contribution in [0.5, 0.6) is 11.5 Å². The molecular formula is C27H36N2O6. The van der Waals surface area contributed by atoms with Crippen molar-refractivity contribution < 1.29 is 28.6 Å². The largest absolute Gasteiger partial charge is 0.493 e. The van der Waals surface area contributed by atoms with Crippen LogP contribution < -0.4 is 20.1 Å². The number of carbonyl (C=O) groups excluding carboxylic acids is 3. The smallest absolute Gasteiger partial charge is 0.340 e. The third kappa shape index (κ3) is 8.02. The summed E-state index contributed by atoms with van der Waals surface area (Å²) in [5.74, 6) is -0.384. The standard InChI is InChI=1S/C27H36N2O6/c1-17(2)19-10-8-18(9-11-19)12-13-28-24(30)16-35-25(31)20-14-22(33-6)23(34-7)15-21(20)29-26(32)27(3,4)5/h8-11,14-15,17H,12-13,16H2,1-7H3,(H,28,30)(H,29,32). The number of anilines is 1. The summed E-state index contributed by atoms with van der Waals surface area (Å²) in [6, 6.07) is 11.2. The van der Waals surface area contributed by atoms with E-state index in [9.17, 15) is 14.4 Å². The molecule has 0 radical (unpaired) electrons. The van der Waals surface area contributed by atoms with Crippen LogP contribution in [0.4, 0.5) is 5.69 Å². The van der Waals surface area contributed by atoms with Crippen LogP contribution in [0.15, 0.2) is 36.4 Å². The first kappa shape index (κ1) is 27.7. The Morgan fingerprint density at radius 2 is 1.54 bits per heavy atom. The van der Waals surface area contributed by atoms with Crippen molar-refractivity contribution in [1.29, 1.82) is 0 Å². The second-order valence-electron chi connectivity index (χ2n) is 9.53. The van der Waals surface area contributed by atoms with Crippen LogP contribution in [-0.4, -0.2) is 45.2 Å². The highest BCUT2D eigenvalue weighted by molar-refractivity contribution is 6.03. The van der Waals surface area contributed by atoms with E-state index in [1.807, 2.05) is 12.1 Å². The van der Waals surface area contributed by atoms with Crippen LogP contribution in [-0.2, 0) is 20.7 Å². The molecular weight excluding hydrogens is 448 g/mol. The molecule has 35 heavy (non-hydrogen) atoms. The highest BCUT2D eigenvalue weighted by Crippen LogP contribution is 2.34. The van der Waals surface area contributed by atoms with E-state index in [4.69, 9.17) is 14.2 Å². The van der Waals surface area contributed by atoms with Crippen LogP contribution in [0.2, 0.25) is 0 Å². The Morgan fingerprint density at radius 3 is 2.09 bits per heavy atom. The molecule has 0 aliphatic rings. The first-order valence-corrected chi connectivity index (χ1v) is 11.6. The summed E-state index contributed by atoms with van der Waals surface area (Å²) in [7, 11) is 2.89. The average molecular weight is 485 g/mol. The van der Waals surface area contributed by atoms with Gasteiger partial charge in [-0.3, -0.25) is 9.59 Å². The summed E-state index contributed by atoms with van der Waals surface area (Å²) in [5, 5.41) is 5.48. The second kappa shape index (κ2) is 12.2. The van der Waals surface area contributed by atoms with E-state index in [0.717, 1.165) is 5.56 Å². The number of hydrogen-bond donors (Lipinski definition) is 2. The molecule has 0 bridgehead atoms. The van der Waals surface area contributed by atoms with Crippen LogP contribution in [0, 0.1) is 5.41 Å². The highest BCUT2D eigenvalue weighted by Gasteiger charge is 2.25. The normalized spacial score (nSPS) is 11.1. The fraction of sp³-hybridized carbons (Fsp3) is 0.444. The van der Waals surface area contributed by atoms with Gasteiger partial charge in [0.1, 0.15) is 0 Å². The second-order valence-corrected chi connectivity index (χ2v) is 9.53. The maximum absolute atomic E-state index is 12.8. The topological polar surface area (TPSA) is 103 Å². The Balaban J connectivity index is 2.01.